The Balaban J connectivity index is 1.76. The summed E-state index contributed by atoms with van der Waals surface area (Å²) in [6, 6.07) is 10.3. The van der Waals surface area contributed by atoms with E-state index in [9.17, 15) is 13.6 Å². The number of thiazole rings is 1. The number of hydrogen-bond acceptors (Lipinski definition) is 3. The third kappa shape index (κ3) is 4.16. The second kappa shape index (κ2) is 8.05. The van der Waals surface area contributed by atoms with Crippen molar-refractivity contribution in [3.63, 3.8) is 0 Å². The summed E-state index contributed by atoms with van der Waals surface area (Å²) in [5.41, 5.74) is 2.17. The fourth-order valence-electron chi connectivity index (χ4n) is 2.47. The van der Waals surface area contributed by atoms with Gasteiger partial charge in [0.1, 0.15) is 11.6 Å². The molecule has 0 aliphatic rings. The van der Waals surface area contributed by atoms with Crippen LogP contribution >= 0.6 is 27.3 Å². The van der Waals surface area contributed by atoms with Gasteiger partial charge in [-0.15, -0.1) is 11.3 Å². The fraction of sp³-hybridized carbons (Fsp3) is 0.158. The molecule has 0 fully saturated rings. The molecule has 0 saturated carbocycles. The second-order valence-electron chi connectivity index (χ2n) is 5.71. The molecule has 1 amide bonds. The van der Waals surface area contributed by atoms with Crippen molar-refractivity contribution in [2.45, 2.75) is 11.8 Å². The van der Waals surface area contributed by atoms with E-state index in [2.05, 4.69) is 20.9 Å². The van der Waals surface area contributed by atoms with E-state index in [1.165, 1.54) is 40.5 Å². The van der Waals surface area contributed by atoms with E-state index in [1.54, 1.807) is 25.2 Å². The van der Waals surface area contributed by atoms with E-state index < -0.39 is 11.6 Å². The number of hydrogen-bond donors (Lipinski definition) is 0. The number of amides is 1. The second-order valence-corrected chi connectivity index (χ2v) is 7.11. The Bertz CT molecular complexity index is 945. The standard InChI is InChI=1S/C19H15BrF2N2OS/c1-24(19-23-15(10-20)11-26-19)18(25)8-12-5-6-16(17(22)7-12)13-3-2-4-14(21)9-13/h2-7,9,11H,8,10H2,1H3. The van der Waals surface area contributed by atoms with E-state index in [4.69, 9.17) is 0 Å². The predicted molar refractivity (Wildman–Crippen MR) is 104 cm³/mol. The van der Waals surface area contributed by atoms with Crippen molar-refractivity contribution in [1.29, 1.82) is 0 Å². The summed E-state index contributed by atoms with van der Waals surface area (Å²) in [6.07, 6.45) is 0.0556. The fourth-order valence-corrected chi connectivity index (χ4v) is 3.78. The highest BCUT2D eigenvalue weighted by Gasteiger charge is 2.16. The van der Waals surface area contributed by atoms with Crippen LogP contribution in [0.2, 0.25) is 0 Å². The van der Waals surface area contributed by atoms with Crippen LogP contribution in [0, 0.1) is 11.6 Å². The van der Waals surface area contributed by atoms with Gasteiger partial charge in [0.2, 0.25) is 5.91 Å². The van der Waals surface area contributed by atoms with Crippen LogP contribution in [-0.2, 0) is 16.5 Å². The molecule has 0 atom stereocenters. The van der Waals surface area contributed by atoms with E-state index in [-0.39, 0.29) is 12.3 Å². The number of carbonyl (C=O) groups excluding carboxylic acids is 1. The maximum Gasteiger partial charge on any atom is 0.232 e. The molecule has 2 aromatic carbocycles. The number of likely N-dealkylation sites (N-methyl/N-ethyl adjacent to an activating group) is 1. The van der Waals surface area contributed by atoms with Crippen LogP contribution in [-0.4, -0.2) is 17.9 Å². The van der Waals surface area contributed by atoms with E-state index in [1.807, 2.05) is 5.38 Å². The van der Waals surface area contributed by atoms with Crippen LogP contribution in [0.1, 0.15) is 11.3 Å². The molecule has 1 heterocycles. The molecule has 0 radical (unpaired) electrons. The predicted octanol–water partition coefficient (Wildman–Crippen LogP) is 5.19. The number of aromatic nitrogens is 1. The maximum atomic E-state index is 14.4. The first kappa shape index (κ1) is 18.7. The third-order valence-electron chi connectivity index (χ3n) is 3.86. The molecule has 3 aromatic rings. The first-order valence-corrected chi connectivity index (χ1v) is 9.79. The summed E-state index contributed by atoms with van der Waals surface area (Å²) in [5, 5.41) is 3.10. The molecule has 3 nitrogen and oxygen atoms in total. The van der Waals surface area contributed by atoms with Gasteiger partial charge < -0.3 is 0 Å². The molecule has 3 rings (SSSR count). The summed E-state index contributed by atoms with van der Waals surface area (Å²) in [5.74, 6) is -1.09. The molecule has 0 bridgehead atoms. The zero-order chi connectivity index (χ0) is 18.7. The quantitative estimate of drug-likeness (QED) is 0.515. The van der Waals surface area contributed by atoms with Crippen LogP contribution in [0.25, 0.3) is 11.1 Å². The SMILES string of the molecule is CN(C(=O)Cc1ccc(-c2cccc(F)c2)c(F)c1)c1nc(CBr)cs1. The van der Waals surface area contributed by atoms with Gasteiger partial charge in [-0.05, 0) is 29.3 Å². The Hall–Kier alpha value is -2.12. The minimum atomic E-state index is -0.487. The lowest BCUT2D eigenvalue weighted by Gasteiger charge is -2.14. The highest BCUT2D eigenvalue weighted by Crippen LogP contribution is 2.25. The van der Waals surface area contributed by atoms with Crippen molar-refractivity contribution in [3.8, 4) is 11.1 Å². The van der Waals surface area contributed by atoms with Crippen LogP contribution in [0.3, 0.4) is 0 Å². The van der Waals surface area contributed by atoms with Crippen molar-refractivity contribution in [2.75, 3.05) is 11.9 Å². The number of anilines is 1. The monoisotopic (exact) mass is 436 g/mol. The maximum absolute atomic E-state index is 14.4. The molecular weight excluding hydrogens is 422 g/mol. The van der Waals surface area contributed by atoms with Crippen molar-refractivity contribution in [2.24, 2.45) is 0 Å². The molecule has 0 aliphatic heterocycles. The lowest BCUT2D eigenvalue weighted by Crippen LogP contribution is -2.27. The number of alkyl halides is 1. The Morgan fingerprint density at radius 2 is 2.04 bits per heavy atom. The minimum absolute atomic E-state index is 0.0556. The van der Waals surface area contributed by atoms with Gasteiger partial charge >= 0.3 is 0 Å². The Labute approximate surface area is 162 Å². The average molecular weight is 437 g/mol. The molecular formula is C19H15BrF2N2OS. The highest BCUT2D eigenvalue weighted by molar-refractivity contribution is 9.08. The van der Waals surface area contributed by atoms with Crippen molar-refractivity contribution in [3.05, 3.63) is 70.7 Å². The van der Waals surface area contributed by atoms with Gasteiger partial charge in [-0.2, -0.15) is 0 Å². The number of rotatable bonds is 5. The molecule has 0 spiro atoms. The van der Waals surface area contributed by atoms with Crippen molar-refractivity contribution < 1.29 is 13.6 Å². The molecule has 1 aromatic heterocycles. The van der Waals surface area contributed by atoms with E-state index >= 15 is 0 Å². The van der Waals surface area contributed by atoms with Crippen molar-refractivity contribution in [1.82, 2.24) is 4.98 Å². The zero-order valence-electron chi connectivity index (χ0n) is 13.9. The van der Waals surface area contributed by atoms with Gasteiger partial charge in [0, 0.05) is 23.3 Å². The molecule has 0 N–H and O–H groups in total. The van der Waals surface area contributed by atoms with Crippen LogP contribution in [0.15, 0.2) is 47.8 Å². The Kier molecular flexibility index (Phi) is 5.78. The minimum Gasteiger partial charge on any atom is -0.291 e. The molecule has 134 valence electrons. The lowest BCUT2D eigenvalue weighted by molar-refractivity contribution is -0.117. The lowest BCUT2D eigenvalue weighted by atomic mass is 10.0. The zero-order valence-corrected chi connectivity index (χ0v) is 16.3. The van der Waals surface area contributed by atoms with Crippen LogP contribution < -0.4 is 4.90 Å². The van der Waals surface area contributed by atoms with Gasteiger partial charge in [0.15, 0.2) is 5.13 Å². The molecule has 0 saturated heterocycles. The number of nitrogens with zero attached hydrogens (tertiary/aromatic N) is 2. The van der Waals surface area contributed by atoms with Crippen LogP contribution in [0.4, 0.5) is 13.9 Å². The summed E-state index contributed by atoms with van der Waals surface area (Å²) >= 11 is 4.70. The molecule has 0 unspecified atom stereocenters. The van der Waals surface area contributed by atoms with Gasteiger partial charge in [-0.3, -0.25) is 9.69 Å². The Morgan fingerprint density at radius 1 is 1.23 bits per heavy atom. The van der Waals surface area contributed by atoms with Crippen LogP contribution in [0.5, 0.6) is 0 Å². The number of halogens is 3. The third-order valence-corrected chi connectivity index (χ3v) is 5.40. The first-order chi connectivity index (χ1) is 12.5. The number of benzene rings is 2. The topological polar surface area (TPSA) is 33.2 Å². The Morgan fingerprint density at radius 3 is 2.69 bits per heavy atom. The van der Waals surface area contributed by atoms with Gasteiger partial charge in [-0.1, -0.05) is 40.2 Å². The average Bonchev–Trinajstić information content (AvgIpc) is 3.10. The molecule has 26 heavy (non-hydrogen) atoms. The van der Waals surface area contributed by atoms with Gasteiger partial charge in [0.25, 0.3) is 0 Å². The number of carbonyl (C=O) groups is 1. The summed E-state index contributed by atoms with van der Waals surface area (Å²) < 4.78 is 27.8. The normalized spacial score (nSPS) is 10.8. The summed E-state index contributed by atoms with van der Waals surface area (Å²) in [7, 11) is 1.65. The smallest absolute Gasteiger partial charge is 0.232 e. The highest BCUT2D eigenvalue weighted by atomic mass is 79.9. The summed E-state index contributed by atoms with van der Waals surface area (Å²) in [6.45, 7) is 0. The van der Waals surface area contributed by atoms with Gasteiger partial charge in [0.05, 0.1) is 12.1 Å². The largest absolute Gasteiger partial charge is 0.291 e. The van der Waals surface area contributed by atoms with E-state index in [0.29, 0.717) is 27.2 Å². The first-order valence-electron chi connectivity index (χ1n) is 7.79. The van der Waals surface area contributed by atoms with Crippen molar-refractivity contribution >= 4 is 38.3 Å². The van der Waals surface area contributed by atoms with Gasteiger partial charge in [-0.25, -0.2) is 13.8 Å². The molecule has 7 heteroatoms. The molecule has 0 aliphatic carbocycles. The summed E-state index contributed by atoms with van der Waals surface area (Å²) in [4.78, 5) is 18.2. The van der Waals surface area contributed by atoms with E-state index in [0.717, 1.165) is 5.69 Å².